The predicted octanol–water partition coefficient (Wildman–Crippen LogP) is 4.40. The van der Waals surface area contributed by atoms with Crippen molar-refractivity contribution < 1.29 is 55.7 Å². The number of hydrogen-bond donors (Lipinski definition) is 0. The Balaban J connectivity index is 1.17. The molecule has 0 spiro atoms. The summed E-state index contributed by atoms with van der Waals surface area (Å²) in [5.74, 6) is -10.6. The maximum Gasteiger partial charge on any atom is 0.329 e. The second-order valence-corrected chi connectivity index (χ2v) is 11.4. The van der Waals surface area contributed by atoms with Gasteiger partial charge in [0.15, 0.2) is 24.7 Å². The fourth-order valence-corrected chi connectivity index (χ4v) is 5.36. The first-order valence-corrected chi connectivity index (χ1v) is 15.0. The minimum Gasteiger partial charge on any atom is -0.480 e. The van der Waals surface area contributed by atoms with Gasteiger partial charge in [0.2, 0.25) is 0 Å². The normalized spacial score (nSPS) is 19.4. The summed E-state index contributed by atoms with van der Waals surface area (Å²) < 4.78 is 78.8. The summed E-state index contributed by atoms with van der Waals surface area (Å²) in [6.45, 7) is -3.87. The first kappa shape index (κ1) is 34.2. The number of carbonyl (C=O) groups excluding carboxylic acids is 4. The lowest BCUT2D eigenvalue weighted by Crippen LogP contribution is -2.44. The fourth-order valence-electron chi connectivity index (χ4n) is 5.36. The molecule has 0 radical (unpaired) electrons. The van der Waals surface area contributed by atoms with E-state index in [0.717, 1.165) is 0 Å². The van der Waals surface area contributed by atoms with E-state index in [2.05, 4.69) is 0 Å². The van der Waals surface area contributed by atoms with Gasteiger partial charge in [0, 0.05) is 12.8 Å². The van der Waals surface area contributed by atoms with Crippen LogP contribution < -0.4 is 9.47 Å². The minimum absolute atomic E-state index is 0.0571. The molecule has 5 rings (SSSR count). The van der Waals surface area contributed by atoms with Gasteiger partial charge in [-0.1, -0.05) is 72.8 Å². The van der Waals surface area contributed by atoms with Gasteiger partial charge in [0.1, 0.15) is 25.3 Å². The molecule has 0 saturated carbocycles. The molecule has 2 saturated heterocycles. The van der Waals surface area contributed by atoms with Crippen LogP contribution in [-0.2, 0) is 41.9 Å². The lowest BCUT2D eigenvalue weighted by molar-refractivity contribution is -0.155. The molecule has 0 aliphatic carbocycles. The topological polar surface area (TPSA) is 112 Å². The number of ether oxygens (including phenoxy) is 4. The minimum atomic E-state index is -3.33. The summed E-state index contributed by atoms with van der Waals surface area (Å²) in [7, 11) is 0. The van der Waals surface area contributed by atoms with Gasteiger partial charge < -0.3 is 28.7 Å². The standard InChI is InChI=1S/C34H32F4N2O8/c35-33(36)15-25(31(43)47-17-23-9-3-1-4-10-23)39(21-33)29(41)19-45-27-13-7-8-14-28(27)46-20-30(42)40-22-34(37,38)16-26(40)32(44)48-18-24-11-5-2-6-12-24/h1-14,25-26H,15-22H2/t25-,26-/m1/s1. The maximum absolute atomic E-state index is 14.3. The van der Waals surface area contributed by atoms with Crippen molar-refractivity contribution in [2.75, 3.05) is 26.3 Å². The van der Waals surface area contributed by atoms with Crippen LogP contribution in [0.3, 0.4) is 0 Å². The average molecular weight is 673 g/mol. The van der Waals surface area contributed by atoms with E-state index >= 15 is 0 Å². The molecule has 3 aromatic carbocycles. The van der Waals surface area contributed by atoms with Crippen molar-refractivity contribution in [2.45, 2.75) is 50.0 Å². The third-order valence-corrected chi connectivity index (χ3v) is 7.72. The van der Waals surface area contributed by atoms with Crippen LogP contribution in [0.15, 0.2) is 84.9 Å². The van der Waals surface area contributed by atoms with Crippen LogP contribution in [-0.4, -0.2) is 83.8 Å². The highest BCUT2D eigenvalue weighted by Gasteiger charge is 2.52. The molecule has 2 amide bonds. The Morgan fingerprint density at radius 1 is 0.583 bits per heavy atom. The third-order valence-electron chi connectivity index (χ3n) is 7.72. The van der Waals surface area contributed by atoms with Crippen LogP contribution in [0.5, 0.6) is 11.5 Å². The molecule has 254 valence electrons. The highest BCUT2D eigenvalue weighted by Crippen LogP contribution is 2.35. The molecule has 2 atom stereocenters. The summed E-state index contributed by atoms with van der Waals surface area (Å²) in [4.78, 5) is 52.8. The second kappa shape index (κ2) is 14.7. The highest BCUT2D eigenvalue weighted by molar-refractivity contribution is 5.87. The van der Waals surface area contributed by atoms with Crippen molar-refractivity contribution in [3.63, 3.8) is 0 Å². The Morgan fingerprint density at radius 3 is 1.31 bits per heavy atom. The average Bonchev–Trinajstić information content (AvgIpc) is 3.60. The predicted molar refractivity (Wildman–Crippen MR) is 160 cm³/mol. The van der Waals surface area contributed by atoms with Crippen LogP contribution in [0.2, 0.25) is 0 Å². The summed E-state index contributed by atoms with van der Waals surface area (Å²) >= 11 is 0. The lowest BCUT2D eigenvalue weighted by atomic mass is 10.2. The monoisotopic (exact) mass is 672 g/mol. The molecule has 0 unspecified atom stereocenters. The molecule has 2 fully saturated rings. The lowest BCUT2D eigenvalue weighted by Gasteiger charge is -2.24. The summed E-state index contributed by atoms with van der Waals surface area (Å²) in [5.41, 5.74) is 1.28. The number of halogens is 4. The van der Waals surface area contributed by atoms with E-state index in [9.17, 15) is 36.7 Å². The first-order valence-electron chi connectivity index (χ1n) is 15.0. The SMILES string of the molecule is O=C(OCc1ccccc1)[C@H]1CC(F)(F)CN1C(=O)COc1ccccc1OCC(=O)N1CC(F)(F)C[C@@H]1C(=O)OCc1ccccc1. The Labute approximate surface area is 273 Å². The zero-order valence-electron chi connectivity index (χ0n) is 25.6. The molecular weight excluding hydrogens is 640 g/mol. The van der Waals surface area contributed by atoms with Gasteiger partial charge in [-0.3, -0.25) is 9.59 Å². The van der Waals surface area contributed by atoms with Gasteiger partial charge in [-0.05, 0) is 23.3 Å². The van der Waals surface area contributed by atoms with Gasteiger partial charge in [0.25, 0.3) is 23.7 Å². The largest absolute Gasteiger partial charge is 0.480 e. The van der Waals surface area contributed by atoms with Gasteiger partial charge in [-0.25, -0.2) is 27.2 Å². The molecule has 0 aromatic heterocycles. The summed E-state index contributed by atoms with van der Waals surface area (Å²) in [5, 5.41) is 0. The van der Waals surface area contributed by atoms with E-state index in [1.807, 2.05) is 0 Å². The van der Waals surface area contributed by atoms with E-state index in [0.29, 0.717) is 20.9 Å². The number of carbonyl (C=O) groups is 4. The Morgan fingerprint density at radius 2 is 0.938 bits per heavy atom. The quantitative estimate of drug-likeness (QED) is 0.206. The number of benzene rings is 3. The van der Waals surface area contributed by atoms with Crippen LogP contribution in [0.25, 0.3) is 0 Å². The molecule has 14 heteroatoms. The highest BCUT2D eigenvalue weighted by atomic mass is 19.3. The van der Waals surface area contributed by atoms with Gasteiger partial charge >= 0.3 is 11.9 Å². The second-order valence-electron chi connectivity index (χ2n) is 11.4. The fraction of sp³-hybridized carbons (Fsp3) is 0.353. The molecule has 10 nitrogen and oxygen atoms in total. The molecule has 2 aliphatic rings. The zero-order chi connectivity index (χ0) is 34.3. The smallest absolute Gasteiger partial charge is 0.329 e. The molecule has 2 aliphatic heterocycles. The van der Waals surface area contributed by atoms with Gasteiger partial charge in [0.05, 0.1) is 13.1 Å². The molecule has 3 aromatic rings. The number of alkyl halides is 4. The molecule has 2 heterocycles. The Hall–Kier alpha value is -5.14. The number of nitrogens with zero attached hydrogens (tertiary/aromatic N) is 2. The molecular formula is C34H32F4N2O8. The van der Waals surface area contributed by atoms with Gasteiger partial charge in [-0.15, -0.1) is 0 Å². The van der Waals surface area contributed by atoms with E-state index in [4.69, 9.17) is 18.9 Å². The van der Waals surface area contributed by atoms with E-state index < -0.39 is 86.8 Å². The first-order chi connectivity index (χ1) is 22.9. The zero-order valence-corrected chi connectivity index (χ0v) is 25.6. The van der Waals surface area contributed by atoms with Crippen molar-refractivity contribution in [3.05, 3.63) is 96.1 Å². The van der Waals surface area contributed by atoms with Crippen molar-refractivity contribution in [2.24, 2.45) is 0 Å². The van der Waals surface area contributed by atoms with Crippen LogP contribution in [0.4, 0.5) is 17.6 Å². The summed E-state index contributed by atoms with van der Waals surface area (Å²) in [6, 6.07) is 19.9. The van der Waals surface area contributed by atoms with Gasteiger partial charge in [-0.2, -0.15) is 0 Å². The number of rotatable bonds is 12. The van der Waals surface area contributed by atoms with E-state index in [-0.39, 0.29) is 24.7 Å². The van der Waals surface area contributed by atoms with Crippen molar-refractivity contribution in [3.8, 4) is 11.5 Å². The maximum atomic E-state index is 14.3. The third kappa shape index (κ3) is 8.81. The van der Waals surface area contributed by atoms with Crippen LogP contribution in [0.1, 0.15) is 24.0 Å². The molecule has 48 heavy (non-hydrogen) atoms. The number of likely N-dealkylation sites (tertiary alicyclic amines) is 2. The molecule has 0 N–H and O–H groups in total. The Bertz CT molecular complexity index is 1490. The van der Waals surface area contributed by atoms with E-state index in [1.54, 1.807) is 60.7 Å². The van der Waals surface area contributed by atoms with Crippen molar-refractivity contribution in [1.29, 1.82) is 0 Å². The summed E-state index contributed by atoms with van der Waals surface area (Å²) in [6.07, 6.45) is -1.82. The molecule has 0 bridgehead atoms. The van der Waals surface area contributed by atoms with Crippen molar-refractivity contribution >= 4 is 23.8 Å². The Kier molecular flexibility index (Phi) is 10.5. The van der Waals surface area contributed by atoms with Crippen LogP contribution in [0, 0.1) is 0 Å². The van der Waals surface area contributed by atoms with Crippen molar-refractivity contribution in [1.82, 2.24) is 9.80 Å². The number of para-hydroxylation sites is 2. The van der Waals surface area contributed by atoms with E-state index in [1.165, 1.54) is 24.3 Å². The number of esters is 2. The van der Waals surface area contributed by atoms with Crippen LogP contribution >= 0.6 is 0 Å². The number of amides is 2. The number of hydrogen-bond acceptors (Lipinski definition) is 8.